The van der Waals surface area contributed by atoms with Crippen LogP contribution in [0.2, 0.25) is 0 Å². The number of nitrogens with one attached hydrogen (secondary N) is 1. The van der Waals surface area contributed by atoms with Gasteiger partial charge in [0, 0.05) is 15.6 Å². The molecule has 0 saturated carbocycles. The number of hydrazone groups is 1. The highest BCUT2D eigenvalue weighted by molar-refractivity contribution is 9.10. The first-order chi connectivity index (χ1) is 14.0. The average molecular weight is 458 g/mol. The van der Waals surface area contributed by atoms with Crippen molar-refractivity contribution in [1.29, 1.82) is 0 Å². The molecule has 148 valence electrons. The van der Waals surface area contributed by atoms with E-state index >= 15 is 0 Å². The molecule has 2 N–H and O–H groups in total. The molecule has 10 heteroatoms. The lowest BCUT2D eigenvalue weighted by Gasteiger charge is -2.07. The molecule has 0 aliphatic rings. The molecule has 3 rings (SSSR count). The van der Waals surface area contributed by atoms with Crippen molar-refractivity contribution in [3.63, 3.8) is 0 Å². The molecule has 29 heavy (non-hydrogen) atoms. The molecule has 0 spiro atoms. The van der Waals surface area contributed by atoms with Gasteiger partial charge in [0.15, 0.2) is 6.61 Å². The second kappa shape index (κ2) is 9.60. The van der Waals surface area contributed by atoms with Gasteiger partial charge >= 0.3 is 5.97 Å². The summed E-state index contributed by atoms with van der Waals surface area (Å²) < 4.78 is 11.2. The summed E-state index contributed by atoms with van der Waals surface area (Å²) in [5.41, 5.74) is 4.76. The predicted molar refractivity (Wildman–Crippen MR) is 110 cm³/mol. The molecule has 3 aromatic rings. The van der Waals surface area contributed by atoms with Crippen molar-refractivity contribution < 1.29 is 19.4 Å². The van der Waals surface area contributed by atoms with Crippen LogP contribution >= 0.6 is 15.9 Å². The van der Waals surface area contributed by atoms with Gasteiger partial charge in [-0.25, -0.2) is 15.2 Å². The van der Waals surface area contributed by atoms with Crippen molar-refractivity contribution in [2.75, 3.05) is 19.1 Å². The van der Waals surface area contributed by atoms with Crippen molar-refractivity contribution in [2.24, 2.45) is 5.10 Å². The number of hydrogen-bond acceptors (Lipinski definition) is 8. The summed E-state index contributed by atoms with van der Waals surface area (Å²) in [6.07, 6.45) is 3.02. The number of methoxy groups -OCH3 is 1. The molecule has 1 heterocycles. The van der Waals surface area contributed by atoms with Gasteiger partial charge in [-0.2, -0.15) is 10.2 Å². The minimum Gasteiger partial charge on any atom is -0.497 e. The van der Waals surface area contributed by atoms with Crippen LogP contribution in [0.5, 0.6) is 11.5 Å². The van der Waals surface area contributed by atoms with Gasteiger partial charge in [-0.05, 0) is 42.5 Å². The van der Waals surface area contributed by atoms with E-state index in [1.165, 1.54) is 6.21 Å². The third-order valence-corrected chi connectivity index (χ3v) is 4.13. The number of carboxylic acids is 1. The summed E-state index contributed by atoms with van der Waals surface area (Å²) in [7, 11) is 1.60. The zero-order valence-corrected chi connectivity index (χ0v) is 16.8. The van der Waals surface area contributed by atoms with E-state index in [1.54, 1.807) is 31.5 Å². The first-order valence-electron chi connectivity index (χ1n) is 8.32. The van der Waals surface area contributed by atoms with Gasteiger partial charge in [0.1, 0.15) is 11.5 Å². The summed E-state index contributed by atoms with van der Waals surface area (Å²) in [5, 5.41) is 20.7. The molecular weight excluding hydrogens is 442 g/mol. The fourth-order valence-corrected chi connectivity index (χ4v) is 2.68. The molecule has 0 bridgehead atoms. The Morgan fingerprint density at radius 1 is 1.28 bits per heavy atom. The number of hydrogen-bond donors (Lipinski definition) is 2. The number of carbonyl (C=O) groups is 1. The molecule has 2 aromatic carbocycles. The van der Waals surface area contributed by atoms with Crippen LogP contribution in [-0.4, -0.2) is 46.2 Å². The van der Waals surface area contributed by atoms with Gasteiger partial charge in [0.25, 0.3) is 5.95 Å². The largest absolute Gasteiger partial charge is 0.497 e. The molecule has 0 aliphatic heterocycles. The maximum Gasteiger partial charge on any atom is 0.341 e. The van der Waals surface area contributed by atoms with Gasteiger partial charge < -0.3 is 14.6 Å². The van der Waals surface area contributed by atoms with Crippen LogP contribution in [0.15, 0.2) is 58.2 Å². The Bertz CT molecular complexity index is 1030. The second-order valence-electron chi connectivity index (χ2n) is 5.63. The number of halogens is 1. The van der Waals surface area contributed by atoms with E-state index in [2.05, 4.69) is 41.6 Å². The maximum absolute atomic E-state index is 10.7. The quantitative estimate of drug-likeness (QED) is 0.390. The lowest BCUT2D eigenvalue weighted by molar-refractivity contribution is -0.139. The smallest absolute Gasteiger partial charge is 0.341 e. The molecule has 0 fully saturated rings. The summed E-state index contributed by atoms with van der Waals surface area (Å²) in [6, 6.07) is 12.5. The third kappa shape index (κ3) is 5.72. The van der Waals surface area contributed by atoms with Crippen LogP contribution in [0.1, 0.15) is 5.56 Å². The number of rotatable bonds is 8. The zero-order chi connectivity index (χ0) is 20.6. The Balaban J connectivity index is 1.73. The number of carboxylic acid groups (broad SMARTS) is 1. The van der Waals surface area contributed by atoms with Crippen molar-refractivity contribution in [3.05, 3.63) is 58.7 Å². The first-order valence-corrected chi connectivity index (χ1v) is 9.12. The minimum atomic E-state index is -1.07. The summed E-state index contributed by atoms with van der Waals surface area (Å²) >= 11 is 3.36. The Morgan fingerprint density at radius 2 is 2.07 bits per heavy atom. The topological polar surface area (TPSA) is 119 Å². The first kappa shape index (κ1) is 20.2. The van der Waals surface area contributed by atoms with Gasteiger partial charge in [-0.3, -0.25) is 0 Å². The van der Waals surface area contributed by atoms with Crippen LogP contribution in [0.3, 0.4) is 0 Å². The molecule has 1 aromatic heterocycles. The SMILES string of the molecule is COc1ccc(-c2cnnc(N/N=C/c3cc(Br)ccc3OCC(=O)O)n2)cc1. The summed E-state index contributed by atoms with van der Waals surface area (Å²) in [4.78, 5) is 15.1. The number of aromatic nitrogens is 3. The predicted octanol–water partition coefficient (Wildman–Crippen LogP) is 3.22. The van der Waals surface area contributed by atoms with Crippen LogP contribution in [0.25, 0.3) is 11.3 Å². The zero-order valence-electron chi connectivity index (χ0n) is 15.2. The summed E-state index contributed by atoms with van der Waals surface area (Å²) in [6.45, 7) is -0.452. The summed E-state index contributed by atoms with van der Waals surface area (Å²) in [5.74, 6) is 0.266. The number of ether oxygens (including phenoxy) is 2. The molecule has 0 unspecified atom stereocenters. The Kier molecular flexibility index (Phi) is 6.69. The maximum atomic E-state index is 10.7. The highest BCUT2D eigenvalue weighted by Gasteiger charge is 2.06. The Morgan fingerprint density at radius 3 is 2.79 bits per heavy atom. The van der Waals surface area contributed by atoms with E-state index in [0.717, 1.165) is 15.8 Å². The number of benzene rings is 2. The molecule has 0 radical (unpaired) electrons. The van der Waals surface area contributed by atoms with Gasteiger partial charge in [0.2, 0.25) is 0 Å². The minimum absolute atomic E-state index is 0.206. The highest BCUT2D eigenvalue weighted by atomic mass is 79.9. The molecule has 0 atom stereocenters. The van der Waals surface area contributed by atoms with Crippen LogP contribution < -0.4 is 14.9 Å². The number of nitrogens with zero attached hydrogens (tertiary/aromatic N) is 4. The number of anilines is 1. The van der Waals surface area contributed by atoms with E-state index in [4.69, 9.17) is 14.6 Å². The number of aliphatic carboxylic acids is 1. The van der Waals surface area contributed by atoms with E-state index < -0.39 is 12.6 Å². The molecular formula is C19H16BrN5O4. The van der Waals surface area contributed by atoms with Crippen LogP contribution in [0.4, 0.5) is 5.95 Å². The molecule has 0 aliphatic carbocycles. The highest BCUT2D eigenvalue weighted by Crippen LogP contribution is 2.22. The normalized spacial score (nSPS) is 10.7. The van der Waals surface area contributed by atoms with Crippen LogP contribution in [0, 0.1) is 0 Å². The fraction of sp³-hybridized carbons (Fsp3) is 0.105. The average Bonchev–Trinajstić information content (AvgIpc) is 2.73. The van der Waals surface area contributed by atoms with Crippen molar-refractivity contribution in [2.45, 2.75) is 0 Å². The van der Waals surface area contributed by atoms with Crippen LogP contribution in [-0.2, 0) is 4.79 Å². The Hall–Kier alpha value is -3.53. The van der Waals surface area contributed by atoms with Crippen molar-refractivity contribution >= 4 is 34.1 Å². The molecule has 9 nitrogen and oxygen atoms in total. The third-order valence-electron chi connectivity index (χ3n) is 3.64. The van der Waals surface area contributed by atoms with E-state index in [1.807, 2.05) is 24.3 Å². The lowest BCUT2D eigenvalue weighted by Crippen LogP contribution is -2.10. The van der Waals surface area contributed by atoms with E-state index in [-0.39, 0.29) is 5.95 Å². The second-order valence-corrected chi connectivity index (χ2v) is 6.54. The van der Waals surface area contributed by atoms with Gasteiger partial charge in [-0.1, -0.05) is 15.9 Å². The molecule has 0 amide bonds. The van der Waals surface area contributed by atoms with Gasteiger partial charge in [-0.15, -0.1) is 5.10 Å². The van der Waals surface area contributed by atoms with Crippen molar-refractivity contribution in [1.82, 2.24) is 15.2 Å². The fourth-order valence-electron chi connectivity index (χ4n) is 2.30. The lowest BCUT2D eigenvalue weighted by atomic mass is 10.1. The Labute approximate surface area is 174 Å². The standard InChI is InChI=1S/C19H16BrN5O4/c1-28-15-5-2-12(3-6-15)16-10-22-25-19(23-16)24-21-9-13-8-14(20)4-7-17(13)29-11-18(26)27/h2-10H,11H2,1H3,(H,26,27)(H,23,24,25)/b21-9+. The monoisotopic (exact) mass is 457 g/mol. The van der Waals surface area contributed by atoms with Gasteiger partial charge in [0.05, 0.1) is 25.2 Å². The van der Waals surface area contributed by atoms with E-state index in [9.17, 15) is 4.79 Å². The van der Waals surface area contributed by atoms with E-state index in [0.29, 0.717) is 17.0 Å². The van der Waals surface area contributed by atoms with Crippen molar-refractivity contribution in [3.8, 4) is 22.8 Å². The molecule has 0 saturated heterocycles.